The predicted molar refractivity (Wildman–Crippen MR) is 117 cm³/mol. The Kier molecular flexibility index (Phi) is 5.97. The number of benzene rings is 2. The molecule has 4 nitrogen and oxygen atoms in total. The van der Waals surface area contributed by atoms with Crippen LogP contribution in [-0.4, -0.2) is 19.1 Å². The van der Waals surface area contributed by atoms with Crippen molar-refractivity contribution in [1.82, 2.24) is 5.32 Å². The quantitative estimate of drug-likeness (QED) is 0.385. The molecule has 1 aliphatic heterocycles. The molecule has 26 heavy (non-hydrogen) atoms. The summed E-state index contributed by atoms with van der Waals surface area (Å²) in [7, 11) is 0. The van der Waals surface area contributed by atoms with Crippen molar-refractivity contribution in [1.29, 1.82) is 0 Å². The van der Waals surface area contributed by atoms with Gasteiger partial charge in [-0.25, -0.2) is 0 Å². The van der Waals surface area contributed by atoms with Gasteiger partial charge in [0.1, 0.15) is 5.75 Å². The Morgan fingerprint density at radius 3 is 2.69 bits per heavy atom. The number of guanidine groups is 1. The van der Waals surface area contributed by atoms with Crippen molar-refractivity contribution in [3.05, 3.63) is 64.7 Å². The van der Waals surface area contributed by atoms with E-state index in [-0.39, 0.29) is 35.4 Å². The minimum Gasteiger partial charge on any atom is -0.493 e. The maximum absolute atomic E-state index is 6.37. The van der Waals surface area contributed by atoms with Crippen molar-refractivity contribution >= 4 is 41.5 Å². The van der Waals surface area contributed by atoms with Gasteiger partial charge in [-0.15, -0.1) is 24.0 Å². The molecule has 4 rings (SSSR count). The minimum atomic E-state index is 0. The number of ether oxygens (including phenoxy) is 1. The van der Waals surface area contributed by atoms with Gasteiger partial charge in [0.05, 0.1) is 19.2 Å². The predicted octanol–water partition coefficient (Wildman–Crippen LogP) is 4.42. The first-order chi connectivity index (χ1) is 12.2. The van der Waals surface area contributed by atoms with Crippen LogP contribution in [0.2, 0.25) is 5.02 Å². The Balaban J connectivity index is 0.00000196. The number of nitrogens with two attached hydrogens (primary N) is 1. The van der Waals surface area contributed by atoms with Gasteiger partial charge in [-0.3, -0.25) is 4.99 Å². The van der Waals surface area contributed by atoms with E-state index in [0.717, 1.165) is 35.6 Å². The second-order valence-corrected chi connectivity index (χ2v) is 7.24. The summed E-state index contributed by atoms with van der Waals surface area (Å²) < 4.78 is 5.70. The third kappa shape index (κ3) is 3.93. The summed E-state index contributed by atoms with van der Waals surface area (Å²) in [6.45, 7) is 1.35. The number of hydrogen-bond acceptors (Lipinski definition) is 2. The summed E-state index contributed by atoms with van der Waals surface area (Å²) in [6.07, 6.45) is 3.09. The fourth-order valence-corrected chi connectivity index (χ4v) is 3.84. The Hall–Kier alpha value is -1.47. The molecule has 138 valence electrons. The molecule has 0 spiro atoms. The number of rotatable bonds is 4. The molecule has 1 heterocycles. The van der Waals surface area contributed by atoms with E-state index in [1.807, 2.05) is 36.4 Å². The van der Waals surface area contributed by atoms with Crippen LogP contribution >= 0.6 is 35.6 Å². The standard InChI is InChI=1S/C20H22ClN3O.HI/c21-16-7-3-2-6-15(16)20(10-11-20)13-23-19(22)24-17-9-12-25-18-8-4-1-5-14(17)18;/h1-8,17H,9-13H2,(H3,22,23,24);1H. The van der Waals surface area contributed by atoms with Crippen molar-refractivity contribution in [2.45, 2.75) is 30.7 Å². The van der Waals surface area contributed by atoms with Crippen LogP contribution in [-0.2, 0) is 5.41 Å². The molecular weight excluding hydrogens is 461 g/mol. The van der Waals surface area contributed by atoms with Crippen LogP contribution in [0.1, 0.15) is 36.4 Å². The number of halogens is 2. The van der Waals surface area contributed by atoms with Crippen LogP contribution < -0.4 is 15.8 Å². The lowest BCUT2D eigenvalue weighted by molar-refractivity contribution is 0.262. The molecule has 2 aromatic rings. The fourth-order valence-electron chi connectivity index (χ4n) is 3.51. The summed E-state index contributed by atoms with van der Waals surface area (Å²) in [4.78, 5) is 4.63. The highest BCUT2D eigenvalue weighted by atomic mass is 127. The topological polar surface area (TPSA) is 59.6 Å². The molecular formula is C20H23ClIN3O. The van der Waals surface area contributed by atoms with E-state index < -0.39 is 0 Å². The number of fused-ring (bicyclic) bond motifs is 1. The largest absolute Gasteiger partial charge is 0.493 e. The lowest BCUT2D eigenvalue weighted by atomic mass is 9.96. The molecule has 2 aromatic carbocycles. The van der Waals surface area contributed by atoms with Gasteiger partial charge in [0, 0.05) is 22.4 Å². The zero-order valence-corrected chi connectivity index (χ0v) is 17.5. The maximum Gasteiger partial charge on any atom is 0.189 e. The van der Waals surface area contributed by atoms with E-state index in [2.05, 4.69) is 22.4 Å². The highest BCUT2D eigenvalue weighted by molar-refractivity contribution is 14.0. The SMILES string of the molecule is I.NC(=NCC1(c2ccccc2Cl)CC1)NC1CCOc2ccccc21. The lowest BCUT2D eigenvalue weighted by Gasteiger charge is -2.27. The second kappa shape index (κ2) is 8.05. The lowest BCUT2D eigenvalue weighted by Crippen LogP contribution is -2.38. The van der Waals surface area contributed by atoms with Gasteiger partial charge in [0.2, 0.25) is 0 Å². The molecule has 1 atom stereocenters. The van der Waals surface area contributed by atoms with Crippen LogP contribution in [0.15, 0.2) is 53.5 Å². The number of nitrogens with zero attached hydrogens (tertiary/aromatic N) is 1. The van der Waals surface area contributed by atoms with Gasteiger partial charge < -0.3 is 15.8 Å². The van der Waals surface area contributed by atoms with E-state index in [1.165, 1.54) is 5.56 Å². The molecule has 0 saturated heterocycles. The number of para-hydroxylation sites is 1. The van der Waals surface area contributed by atoms with E-state index >= 15 is 0 Å². The molecule has 2 aliphatic rings. The molecule has 1 saturated carbocycles. The Labute approximate surface area is 176 Å². The highest BCUT2D eigenvalue weighted by Crippen LogP contribution is 2.50. The van der Waals surface area contributed by atoms with Crippen molar-refractivity contribution in [3.8, 4) is 5.75 Å². The van der Waals surface area contributed by atoms with Crippen LogP contribution in [0.25, 0.3) is 0 Å². The maximum atomic E-state index is 6.37. The molecule has 0 amide bonds. The first-order valence-corrected chi connectivity index (χ1v) is 9.09. The second-order valence-electron chi connectivity index (χ2n) is 6.83. The van der Waals surface area contributed by atoms with Crippen molar-refractivity contribution in [2.24, 2.45) is 10.7 Å². The molecule has 1 aliphatic carbocycles. The van der Waals surface area contributed by atoms with Crippen molar-refractivity contribution in [3.63, 3.8) is 0 Å². The molecule has 0 aromatic heterocycles. The Morgan fingerprint density at radius 1 is 1.19 bits per heavy atom. The van der Waals surface area contributed by atoms with Crippen molar-refractivity contribution < 1.29 is 4.74 Å². The monoisotopic (exact) mass is 483 g/mol. The number of aliphatic imine (C=N–C) groups is 1. The van der Waals surface area contributed by atoms with Gasteiger partial charge >= 0.3 is 0 Å². The van der Waals surface area contributed by atoms with Gasteiger partial charge in [-0.1, -0.05) is 48.0 Å². The molecule has 3 N–H and O–H groups in total. The Morgan fingerprint density at radius 2 is 1.92 bits per heavy atom. The van der Waals surface area contributed by atoms with E-state index in [0.29, 0.717) is 19.1 Å². The number of hydrogen-bond donors (Lipinski definition) is 2. The fraction of sp³-hybridized carbons (Fsp3) is 0.350. The van der Waals surface area contributed by atoms with E-state index in [1.54, 1.807) is 0 Å². The van der Waals surface area contributed by atoms with Crippen LogP contribution in [0.5, 0.6) is 5.75 Å². The number of nitrogens with one attached hydrogen (secondary N) is 1. The van der Waals surface area contributed by atoms with Gasteiger partial charge in [0.15, 0.2) is 5.96 Å². The summed E-state index contributed by atoms with van der Waals surface area (Å²) in [6, 6.07) is 16.3. The molecule has 1 fully saturated rings. The van der Waals surface area contributed by atoms with Crippen molar-refractivity contribution in [2.75, 3.05) is 13.2 Å². The zero-order chi connectivity index (χ0) is 17.3. The van der Waals surface area contributed by atoms with Crippen LogP contribution in [0.4, 0.5) is 0 Å². The van der Waals surface area contributed by atoms with Gasteiger partial charge in [-0.2, -0.15) is 0 Å². The van der Waals surface area contributed by atoms with E-state index in [4.69, 9.17) is 22.1 Å². The normalized spacial score (nSPS) is 20.3. The average Bonchev–Trinajstić information content (AvgIpc) is 3.42. The summed E-state index contributed by atoms with van der Waals surface area (Å²) in [5.74, 6) is 1.41. The minimum absolute atomic E-state index is 0. The van der Waals surface area contributed by atoms with Gasteiger partial charge in [-0.05, 0) is 30.5 Å². The van der Waals surface area contributed by atoms with E-state index in [9.17, 15) is 0 Å². The third-order valence-electron chi connectivity index (χ3n) is 5.13. The first-order valence-electron chi connectivity index (χ1n) is 8.71. The molecule has 0 radical (unpaired) electrons. The van der Waals surface area contributed by atoms with Crippen LogP contribution in [0.3, 0.4) is 0 Å². The zero-order valence-electron chi connectivity index (χ0n) is 14.5. The third-order valence-corrected chi connectivity index (χ3v) is 5.46. The summed E-state index contributed by atoms with van der Waals surface area (Å²) in [5.41, 5.74) is 8.55. The summed E-state index contributed by atoms with van der Waals surface area (Å²) >= 11 is 6.37. The summed E-state index contributed by atoms with van der Waals surface area (Å²) in [5, 5.41) is 4.18. The first kappa shape index (κ1) is 19.3. The highest BCUT2D eigenvalue weighted by Gasteiger charge is 2.45. The van der Waals surface area contributed by atoms with Crippen LogP contribution in [0, 0.1) is 0 Å². The molecule has 6 heteroatoms. The van der Waals surface area contributed by atoms with Gasteiger partial charge in [0.25, 0.3) is 0 Å². The molecule has 0 bridgehead atoms. The smallest absolute Gasteiger partial charge is 0.189 e. The Bertz CT molecular complexity index is 807. The average molecular weight is 484 g/mol. The molecule has 1 unspecified atom stereocenters.